The minimum absolute atomic E-state index is 1.11. The third-order valence-electron chi connectivity index (χ3n) is 9.32. The maximum Gasteiger partial charge on any atom is 0.0540 e. The third-order valence-corrected chi connectivity index (χ3v) is 9.32. The normalized spacial score (nSPS) is 11.0. The molecule has 0 N–H and O–H groups in total. The van der Waals surface area contributed by atoms with E-state index in [0.29, 0.717) is 0 Å². The molecule has 0 aliphatic carbocycles. The molecule has 0 amide bonds. The van der Waals surface area contributed by atoms with Crippen LogP contribution in [-0.2, 0) is 0 Å². The van der Waals surface area contributed by atoms with Gasteiger partial charge in [0.2, 0.25) is 0 Å². The summed E-state index contributed by atoms with van der Waals surface area (Å²) in [5.41, 5.74) is 12.9. The first-order valence-electron chi connectivity index (χ1n) is 16.7. The first-order chi connectivity index (χ1) is 24.2. The molecule has 2 heteroatoms. The quantitative estimate of drug-likeness (QED) is 0.165. The molecule has 0 aliphatic heterocycles. The number of anilines is 5. The minimum atomic E-state index is 1.11. The number of rotatable bonds is 8. The summed E-state index contributed by atoms with van der Waals surface area (Å²) in [5.74, 6) is 0. The number of nitrogens with zero attached hydrogens (tertiary/aromatic N) is 2. The monoisotopic (exact) mass is 628 g/mol. The van der Waals surface area contributed by atoms with Crippen molar-refractivity contribution in [2.45, 2.75) is 0 Å². The van der Waals surface area contributed by atoms with Crippen molar-refractivity contribution in [3.63, 3.8) is 0 Å². The summed E-state index contributed by atoms with van der Waals surface area (Å²) in [4.78, 5) is 4.59. The van der Waals surface area contributed by atoms with Gasteiger partial charge < -0.3 is 9.80 Å². The number of benzene rings is 8. The molecule has 49 heavy (non-hydrogen) atoms. The van der Waals surface area contributed by atoms with Crippen molar-refractivity contribution in [1.29, 1.82) is 0 Å². The molecule has 0 spiro atoms. The molecule has 0 aromatic heterocycles. The molecule has 2 nitrogen and oxygen atoms in total. The molecule has 0 aliphatic rings. The van der Waals surface area contributed by atoms with Gasteiger partial charge in [0.05, 0.1) is 5.69 Å². The van der Waals surface area contributed by atoms with Crippen LogP contribution >= 0.6 is 0 Å². The highest BCUT2D eigenvalue weighted by molar-refractivity contribution is 5.99. The van der Waals surface area contributed by atoms with E-state index in [4.69, 9.17) is 0 Å². The molecule has 0 unspecified atom stereocenters. The smallest absolute Gasteiger partial charge is 0.0540 e. The van der Waals surface area contributed by atoms with Gasteiger partial charge in [-0.05, 0) is 93.4 Å². The molecule has 0 fully saturated rings. The molecular weight excluding hydrogens is 593 g/mol. The van der Waals surface area contributed by atoms with Crippen LogP contribution in [0.4, 0.5) is 28.4 Å². The Morgan fingerprint density at radius 3 is 1.08 bits per heavy atom. The molecular formula is C47H36N2. The van der Waals surface area contributed by atoms with Gasteiger partial charge >= 0.3 is 0 Å². The Bertz CT molecular complexity index is 2290. The fraction of sp³-hybridized carbons (Fsp3) is 0.0213. The van der Waals surface area contributed by atoms with Crippen molar-refractivity contribution in [3.8, 4) is 33.4 Å². The maximum atomic E-state index is 2.36. The van der Waals surface area contributed by atoms with Crippen LogP contribution < -0.4 is 9.80 Å². The Hall–Kier alpha value is -6.38. The predicted molar refractivity (Wildman–Crippen MR) is 209 cm³/mol. The lowest BCUT2D eigenvalue weighted by molar-refractivity contribution is 1.21. The van der Waals surface area contributed by atoms with Crippen molar-refractivity contribution in [2.24, 2.45) is 0 Å². The van der Waals surface area contributed by atoms with Crippen LogP contribution in [0.3, 0.4) is 0 Å². The van der Waals surface area contributed by atoms with Crippen LogP contribution in [0, 0.1) is 0 Å². The van der Waals surface area contributed by atoms with Crippen molar-refractivity contribution in [2.75, 3.05) is 16.8 Å². The molecule has 0 saturated carbocycles. The summed E-state index contributed by atoms with van der Waals surface area (Å²) in [6.45, 7) is 0. The van der Waals surface area contributed by atoms with Crippen molar-refractivity contribution in [3.05, 3.63) is 200 Å². The van der Waals surface area contributed by atoms with Crippen LogP contribution in [-0.4, -0.2) is 7.05 Å². The second-order valence-corrected chi connectivity index (χ2v) is 12.3. The van der Waals surface area contributed by atoms with Gasteiger partial charge in [0.1, 0.15) is 0 Å². The number of fused-ring (bicyclic) bond motifs is 1. The zero-order valence-corrected chi connectivity index (χ0v) is 27.4. The van der Waals surface area contributed by atoms with E-state index >= 15 is 0 Å². The third kappa shape index (κ3) is 6.20. The zero-order chi connectivity index (χ0) is 33.0. The van der Waals surface area contributed by atoms with Gasteiger partial charge in [-0.3, -0.25) is 0 Å². The molecule has 0 bridgehead atoms. The van der Waals surface area contributed by atoms with E-state index in [1.165, 1.54) is 44.2 Å². The average molecular weight is 629 g/mol. The first kappa shape index (κ1) is 30.0. The Morgan fingerprint density at radius 1 is 0.286 bits per heavy atom. The highest BCUT2D eigenvalue weighted by Crippen LogP contribution is 2.40. The molecule has 0 radical (unpaired) electrons. The topological polar surface area (TPSA) is 6.48 Å². The lowest BCUT2D eigenvalue weighted by Crippen LogP contribution is -2.10. The largest absolute Gasteiger partial charge is 0.345 e. The summed E-state index contributed by atoms with van der Waals surface area (Å²) in [7, 11) is 2.12. The summed E-state index contributed by atoms with van der Waals surface area (Å²) in [6, 6.07) is 71.6. The summed E-state index contributed by atoms with van der Waals surface area (Å²) >= 11 is 0. The fourth-order valence-corrected chi connectivity index (χ4v) is 6.60. The fourth-order valence-electron chi connectivity index (χ4n) is 6.60. The zero-order valence-electron chi connectivity index (χ0n) is 27.4. The Morgan fingerprint density at radius 2 is 0.633 bits per heavy atom. The Labute approximate surface area is 288 Å². The van der Waals surface area contributed by atoms with E-state index in [9.17, 15) is 0 Å². The van der Waals surface area contributed by atoms with Gasteiger partial charge in [-0.2, -0.15) is 0 Å². The van der Waals surface area contributed by atoms with Crippen LogP contribution in [0.15, 0.2) is 200 Å². The maximum absolute atomic E-state index is 2.36. The van der Waals surface area contributed by atoms with Gasteiger partial charge in [0.25, 0.3) is 0 Å². The second-order valence-electron chi connectivity index (χ2n) is 12.3. The highest BCUT2D eigenvalue weighted by atomic mass is 15.1. The van der Waals surface area contributed by atoms with E-state index in [2.05, 4.69) is 217 Å². The first-order valence-corrected chi connectivity index (χ1v) is 16.7. The molecule has 0 heterocycles. The molecule has 8 aromatic rings. The predicted octanol–water partition coefficient (Wildman–Crippen LogP) is 13.1. The molecule has 8 rings (SSSR count). The van der Waals surface area contributed by atoms with Gasteiger partial charge in [-0.1, -0.05) is 146 Å². The Balaban J connectivity index is 1.07. The SMILES string of the molecule is CN(c1ccc(-c2ccccc2)cc1)c1ccc(-c2ccc(N(c3ccc(-c4ccccc4)cc3)c3cccc4ccccc34)cc2)cc1. The molecule has 8 aromatic carbocycles. The van der Waals surface area contributed by atoms with Crippen LogP contribution in [0.2, 0.25) is 0 Å². The number of hydrogen-bond donors (Lipinski definition) is 0. The van der Waals surface area contributed by atoms with E-state index in [1.807, 2.05) is 0 Å². The van der Waals surface area contributed by atoms with E-state index < -0.39 is 0 Å². The van der Waals surface area contributed by atoms with E-state index in [1.54, 1.807) is 0 Å². The molecule has 0 atom stereocenters. The minimum Gasteiger partial charge on any atom is -0.345 e. The van der Waals surface area contributed by atoms with E-state index in [0.717, 1.165) is 28.4 Å². The lowest BCUT2D eigenvalue weighted by Gasteiger charge is -2.27. The Kier molecular flexibility index (Phi) is 8.19. The van der Waals surface area contributed by atoms with E-state index in [-0.39, 0.29) is 0 Å². The van der Waals surface area contributed by atoms with Gasteiger partial charge in [-0.15, -0.1) is 0 Å². The standard InChI is InChI=1S/C47H36N2/c1-48(42-27-19-37(20-28-42)35-11-4-2-5-12-35)43-29-21-39(22-30-43)40-25-33-45(34-26-40)49(47-18-10-16-41-15-8-9-17-46(41)47)44-31-23-38(24-32-44)36-13-6-3-7-14-36/h2-34H,1H3. The van der Waals surface area contributed by atoms with Gasteiger partial charge in [-0.25, -0.2) is 0 Å². The number of hydrogen-bond acceptors (Lipinski definition) is 2. The van der Waals surface area contributed by atoms with Crippen LogP contribution in [0.25, 0.3) is 44.2 Å². The molecule has 0 saturated heterocycles. The van der Waals surface area contributed by atoms with Crippen LogP contribution in [0.5, 0.6) is 0 Å². The average Bonchev–Trinajstić information content (AvgIpc) is 3.19. The molecule has 234 valence electrons. The van der Waals surface area contributed by atoms with Crippen molar-refractivity contribution >= 4 is 39.2 Å². The van der Waals surface area contributed by atoms with Crippen molar-refractivity contribution < 1.29 is 0 Å². The van der Waals surface area contributed by atoms with Crippen molar-refractivity contribution in [1.82, 2.24) is 0 Å². The van der Waals surface area contributed by atoms with Gasteiger partial charge in [0, 0.05) is 35.2 Å². The summed E-state index contributed by atoms with van der Waals surface area (Å²) < 4.78 is 0. The highest BCUT2D eigenvalue weighted by Gasteiger charge is 2.16. The second kappa shape index (κ2) is 13.4. The van der Waals surface area contributed by atoms with Crippen LogP contribution in [0.1, 0.15) is 0 Å². The lowest BCUT2D eigenvalue weighted by atomic mass is 10.0. The summed E-state index contributed by atoms with van der Waals surface area (Å²) in [5, 5.41) is 2.44. The van der Waals surface area contributed by atoms with Gasteiger partial charge in [0.15, 0.2) is 0 Å². The summed E-state index contributed by atoms with van der Waals surface area (Å²) in [6.07, 6.45) is 0.